The molecule has 3 aromatic rings. The van der Waals surface area contributed by atoms with Crippen molar-refractivity contribution in [3.8, 4) is 11.5 Å². The van der Waals surface area contributed by atoms with Gasteiger partial charge in [-0.05, 0) is 24.3 Å². The van der Waals surface area contributed by atoms with Gasteiger partial charge in [-0.3, -0.25) is 9.78 Å². The Balaban J connectivity index is 0.00000192. The van der Waals surface area contributed by atoms with Crippen LogP contribution >= 0.6 is 0 Å². The standard InChI is InChI=1S/C17H14N2O3.H2O/c1-22-15-9-5-4-8-14(15)19-17(21)12-10-18-13-7-3-2-6-11(13)16(12)20;/h2-10H,1H3,(H,18,20)(H,19,21);1H2. The first kappa shape index (κ1) is 16.3. The number of ether oxygens (including phenoxy) is 1. The van der Waals surface area contributed by atoms with Crippen molar-refractivity contribution < 1.29 is 20.1 Å². The number of hydrogen-bond donors (Lipinski definition) is 2. The first-order chi connectivity index (χ1) is 10.7. The summed E-state index contributed by atoms with van der Waals surface area (Å²) in [5.41, 5.74) is 1.28. The number of carbonyl (C=O) groups is 1. The quantitative estimate of drug-likeness (QED) is 0.775. The van der Waals surface area contributed by atoms with Gasteiger partial charge in [0.1, 0.15) is 17.1 Å². The average molecular weight is 312 g/mol. The zero-order chi connectivity index (χ0) is 15.5. The van der Waals surface area contributed by atoms with Crippen molar-refractivity contribution in [2.45, 2.75) is 0 Å². The fraction of sp³-hybridized carbons (Fsp3) is 0.0588. The fourth-order valence-electron chi connectivity index (χ4n) is 2.23. The van der Waals surface area contributed by atoms with E-state index < -0.39 is 5.91 Å². The first-order valence-corrected chi connectivity index (χ1v) is 6.72. The number of fused-ring (bicyclic) bond motifs is 1. The number of hydrogen-bond acceptors (Lipinski definition) is 4. The van der Waals surface area contributed by atoms with Crippen LogP contribution in [0.3, 0.4) is 0 Å². The van der Waals surface area contributed by atoms with Crippen LogP contribution in [0, 0.1) is 0 Å². The maximum atomic E-state index is 12.4. The number of aromatic nitrogens is 1. The zero-order valence-corrected chi connectivity index (χ0v) is 12.4. The van der Waals surface area contributed by atoms with Gasteiger partial charge >= 0.3 is 0 Å². The Bertz CT molecular complexity index is 849. The molecule has 0 bridgehead atoms. The van der Waals surface area contributed by atoms with E-state index in [2.05, 4.69) is 10.3 Å². The number of amides is 1. The highest BCUT2D eigenvalue weighted by Crippen LogP contribution is 2.29. The van der Waals surface area contributed by atoms with Crippen molar-refractivity contribution in [1.29, 1.82) is 0 Å². The molecular weight excluding hydrogens is 296 g/mol. The SMILES string of the molecule is COc1ccccc1NC(=O)c1cnc2ccccc2c1O.O. The van der Waals surface area contributed by atoms with Crippen molar-refractivity contribution >= 4 is 22.5 Å². The second-order valence-corrected chi connectivity index (χ2v) is 4.69. The smallest absolute Gasteiger partial charge is 0.261 e. The monoisotopic (exact) mass is 312 g/mol. The van der Waals surface area contributed by atoms with Gasteiger partial charge in [-0.2, -0.15) is 0 Å². The summed E-state index contributed by atoms with van der Waals surface area (Å²) >= 11 is 0. The van der Waals surface area contributed by atoms with Crippen LogP contribution in [0.4, 0.5) is 5.69 Å². The van der Waals surface area contributed by atoms with E-state index in [1.54, 1.807) is 36.4 Å². The lowest BCUT2D eigenvalue weighted by molar-refractivity contribution is 0.102. The molecule has 3 rings (SSSR count). The van der Waals surface area contributed by atoms with E-state index in [1.807, 2.05) is 12.1 Å². The van der Waals surface area contributed by atoms with Crippen molar-refractivity contribution in [3.05, 3.63) is 60.3 Å². The molecule has 0 atom stereocenters. The zero-order valence-electron chi connectivity index (χ0n) is 12.4. The summed E-state index contributed by atoms with van der Waals surface area (Å²) in [5, 5.41) is 13.5. The van der Waals surface area contributed by atoms with Crippen LogP contribution in [-0.4, -0.2) is 28.6 Å². The Morgan fingerprint density at radius 2 is 1.83 bits per heavy atom. The summed E-state index contributed by atoms with van der Waals surface area (Å²) in [6, 6.07) is 14.2. The summed E-state index contributed by atoms with van der Waals surface area (Å²) in [7, 11) is 1.53. The molecule has 118 valence electrons. The number of pyridine rings is 1. The minimum atomic E-state index is -0.444. The van der Waals surface area contributed by atoms with Crippen molar-refractivity contribution in [3.63, 3.8) is 0 Å². The lowest BCUT2D eigenvalue weighted by Crippen LogP contribution is -2.13. The maximum Gasteiger partial charge on any atom is 0.261 e. The number of rotatable bonds is 3. The molecule has 4 N–H and O–H groups in total. The number of benzene rings is 2. The topological polar surface area (TPSA) is 103 Å². The average Bonchev–Trinajstić information content (AvgIpc) is 2.56. The van der Waals surface area contributed by atoms with E-state index in [9.17, 15) is 9.90 Å². The number of methoxy groups -OCH3 is 1. The van der Waals surface area contributed by atoms with Gasteiger partial charge in [0.2, 0.25) is 0 Å². The van der Waals surface area contributed by atoms with Crippen molar-refractivity contribution in [1.82, 2.24) is 4.98 Å². The van der Waals surface area contributed by atoms with Crippen LogP contribution in [0.5, 0.6) is 11.5 Å². The van der Waals surface area contributed by atoms with Gasteiger partial charge in [0.05, 0.1) is 18.3 Å². The summed E-state index contributed by atoms with van der Waals surface area (Å²) in [6.07, 6.45) is 1.36. The van der Waals surface area contributed by atoms with E-state index >= 15 is 0 Å². The molecule has 1 aromatic heterocycles. The van der Waals surface area contributed by atoms with Crippen LogP contribution in [0.1, 0.15) is 10.4 Å². The molecule has 0 aliphatic heterocycles. The second kappa shape index (κ2) is 6.76. The summed E-state index contributed by atoms with van der Waals surface area (Å²) in [5.74, 6) is 0.0161. The predicted octanol–water partition coefficient (Wildman–Crippen LogP) is 2.38. The lowest BCUT2D eigenvalue weighted by atomic mass is 10.1. The molecule has 0 spiro atoms. The third-order valence-electron chi connectivity index (χ3n) is 3.35. The van der Waals surface area contributed by atoms with Gasteiger partial charge in [0.15, 0.2) is 0 Å². The van der Waals surface area contributed by atoms with E-state index in [1.165, 1.54) is 13.3 Å². The van der Waals surface area contributed by atoms with Crippen molar-refractivity contribution in [2.75, 3.05) is 12.4 Å². The highest BCUT2D eigenvalue weighted by Gasteiger charge is 2.16. The third-order valence-corrected chi connectivity index (χ3v) is 3.35. The number of anilines is 1. The van der Waals surface area contributed by atoms with Gasteiger partial charge in [-0.1, -0.05) is 24.3 Å². The summed E-state index contributed by atoms with van der Waals surface area (Å²) < 4.78 is 5.19. The van der Waals surface area contributed by atoms with Crippen LogP contribution in [0.15, 0.2) is 54.7 Å². The van der Waals surface area contributed by atoms with Gasteiger partial charge in [-0.15, -0.1) is 0 Å². The summed E-state index contributed by atoms with van der Waals surface area (Å²) in [4.78, 5) is 16.6. The van der Waals surface area contributed by atoms with Crippen molar-refractivity contribution in [2.24, 2.45) is 0 Å². The van der Waals surface area contributed by atoms with Gasteiger partial charge in [0.25, 0.3) is 5.91 Å². The molecule has 6 heteroatoms. The Morgan fingerprint density at radius 3 is 2.61 bits per heavy atom. The molecule has 0 fully saturated rings. The molecule has 0 radical (unpaired) electrons. The van der Waals surface area contributed by atoms with Gasteiger partial charge in [-0.25, -0.2) is 0 Å². The molecule has 2 aromatic carbocycles. The molecule has 1 amide bonds. The molecule has 0 saturated heterocycles. The highest BCUT2D eigenvalue weighted by atomic mass is 16.5. The normalized spacial score (nSPS) is 9.96. The van der Waals surface area contributed by atoms with E-state index in [0.717, 1.165) is 0 Å². The Labute approximate surface area is 132 Å². The minimum absolute atomic E-state index is 0. The fourth-order valence-corrected chi connectivity index (χ4v) is 2.23. The van der Waals surface area contributed by atoms with E-state index in [4.69, 9.17) is 4.74 Å². The first-order valence-electron chi connectivity index (χ1n) is 6.72. The molecule has 23 heavy (non-hydrogen) atoms. The van der Waals surface area contributed by atoms with Crippen LogP contribution in [0.25, 0.3) is 10.9 Å². The maximum absolute atomic E-state index is 12.4. The van der Waals surface area contributed by atoms with Crippen LogP contribution in [-0.2, 0) is 0 Å². The Kier molecular flexibility index (Phi) is 4.78. The second-order valence-electron chi connectivity index (χ2n) is 4.69. The number of nitrogens with zero attached hydrogens (tertiary/aromatic N) is 1. The molecule has 0 saturated carbocycles. The highest BCUT2D eigenvalue weighted by molar-refractivity contribution is 6.09. The van der Waals surface area contributed by atoms with Gasteiger partial charge < -0.3 is 20.6 Å². The Morgan fingerprint density at radius 1 is 1.13 bits per heavy atom. The largest absolute Gasteiger partial charge is 0.506 e. The van der Waals surface area contributed by atoms with E-state index in [-0.39, 0.29) is 16.8 Å². The third kappa shape index (κ3) is 3.07. The molecular formula is C17H16N2O4. The van der Waals surface area contributed by atoms with Gasteiger partial charge in [0, 0.05) is 11.6 Å². The molecule has 0 aliphatic carbocycles. The Hall–Kier alpha value is -3.12. The predicted molar refractivity (Wildman–Crippen MR) is 88.0 cm³/mol. The molecule has 0 unspecified atom stereocenters. The lowest BCUT2D eigenvalue weighted by Gasteiger charge is -2.11. The minimum Gasteiger partial charge on any atom is -0.506 e. The number of carbonyl (C=O) groups excluding carboxylic acids is 1. The number of aromatic hydroxyl groups is 1. The van der Waals surface area contributed by atoms with Crippen LogP contribution in [0.2, 0.25) is 0 Å². The van der Waals surface area contributed by atoms with E-state index in [0.29, 0.717) is 22.3 Å². The molecule has 6 nitrogen and oxygen atoms in total. The molecule has 0 aliphatic rings. The number of para-hydroxylation sites is 3. The summed E-state index contributed by atoms with van der Waals surface area (Å²) in [6.45, 7) is 0. The van der Waals surface area contributed by atoms with Crippen LogP contribution < -0.4 is 10.1 Å². The number of nitrogens with one attached hydrogen (secondary N) is 1. The molecule has 1 heterocycles.